The van der Waals surface area contributed by atoms with E-state index in [0.29, 0.717) is 0 Å². The number of benzene rings is 1. The number of para-hydroxylation sites is 1. The van der Waals surface area contributed by atoms with Gasteiger partial charge in [-0.3, -0.25) is 9.59 Å². The number of carbonyl (C=O) groups is 2. The Morgan fingerprint density at radius 2 is 2.19 bits per heavy atom. The zero-order chi connectivity index (χ0) is 14.8. The third-order valence-corrected chi connectivity index (χ3v) is 5.42. The minimum Gasteiger partial charge on any atom is -0.481 e. The Bertz CT molecular complexity index is 643. The summed E-state index contributed by atoms with van der Waals surface area (Å²) in [6.07, 6.45) is 2.64. The smallest absolute Gasteiger partial charge is 0.316 e. The number of fused-ring (bicyclic) bond motifs is 2. The number of rotatable bonds is 1. The van der Waals surface area contributed by atoms with Crippen molar-refractivity contribution in [2.45, 2.75) is 30.9 Å². The average molecular weight is 287 g/mol. The molecule has 0 spiro atoms. The molecule has 1 N–H and O–H groups in total. The van der Waals surface area contributed by atoms with Crippen molar-refractivity contribution < 1.29 is 19.4 Å². The number of ether oxygens (including phenoxy) is 1. The standard InChI is InChI=1S/C16H17NO4/c1-17-14(18)13(15(19)20)12-9-5-2-3-7-11(9)21-16(17)8-4-6-10(12)16/h2-3,5,7,10,12-13H,4,6,8H2,1H3,(H,19,20)/t10-,12-,13+,16+/m0/s1. The topological polar surface area (TPSA) is 66.8 Å². The van der Waals surface area contributed by atoms with Crippen LogP contribution in [-0.2, 0) is 9.59 Å². The van der Waals surface area contributed by atoms with Crippen LogP contribution in [0, 0.1) is 11.8 Å². The van der Waals surface area contributed by atoms with Crippen LogP contribution in [0.15, 0.2) is 24.3 Å². The molecule has 1 amide bonds. The Kier molecular flexibility index (Phi) is 2.41. The highest BCUT2D eigenvalue weighted by Gasteiger charge is 2.64. The zero-order valence-electron chi connectivity index (χ0n) is 11.8. The average Bonchev–Trinajstić information content (AvgIpc) is 2.89. The molecule has 0 unspecified atom stereocenters. The van der Waals surface area contributed by atoms with Gasteiger partial charge >= 0.3 is 5.97 Å². The monoisotopic (exact) mass is 287 g/mol. The van der Waals surface area contributed by atoms with Crippen molar-refractivity contribution in [1.29, 1.82) is 0 Å². The van der Waals surface area contributed by atoms with Crippen LogP contribution in [0.4, 0.5) is 0 Å². The summed E-state index contributed by atoms with van der Waals surface area (Å²) in [5.41, 5.74) is 0.219. The van der Waals surface area contributed by atoms with Gasteiger partial charge in [0, 0.05) is 25.3 Å². The molecule has 4 atom stereocenters. The van der Waals surface area contributed by atoms with Crippen LogP contribution >= 0.6 is 0 Å². The van der Waals surface area contributed by atoms with E-state index in [1.54, 1.807) is 11.9 Å². The maximum absolute atomic E-state index is 12.6. The van der Waals surface area contributed by atoms with Gasteiger partial charge in [-0.05, 0) is 24.5 Å². The molecule has 5 nitrogen and oxygen atoms in total. The number of hydrogen-bond acceptors (Lipinski definition) is 3. The van der Waals surface area contributed by atoms with Gasteiger partial charge < -0.3 is 14.7 Å². The molecule has 1 saturated heterocycles. The molecule has 0 aromatic heterocycles. The van der Waals surface area contributed by atoms with E-state index in [0.717, 1.165) is 30.6 Å². The summed E-state index contributed by atoms with van der Waals surface area (Å²) >= 11 is 0. The molecule has 5 heteroatoms. The van der Waals surface area contributed by atoms with Crippen molar-refractivity contribution >= 4 is 11.9 Å². The zero-order valence-corrected chi connectivity index (χ0v) is 11.8. The first kappa shape index (κ1) is 12.7. The van der Waals surface area contributed by atoms with Gasteiger partial charge in [-0.15, -0.1) is 0 Å². The third kappa shape index (κ3) is 1.41. The van der Waals surface area contributed by atoms with Gasteiger partial charge in [0.15, 0.2) is 5.72 Å². The molecule has 1 aliphatic carbocycles. The van der Waals surface area contributed by atoms with Crippen molar-refractivity contribution in [2.24, 2.45) is 11.8 Å². The number of nitrogens with zero attached hydrogens (tertiary/aromatic N) is 1. The van der Waals surface area contributed by atoms with Crippen LogP contribution in [0.2, 0.25) is 0 Å². The van der Waals surface area contributed by atoms with E-state index in [-0.39, 0.29) is 17.7 Å². The van der Waals surface area contributed by atoms with E-state index in [4.69, 9.17) is 4.74 Å². The number of amides is 1. The second-order valence-corrected chi connectivity index (χ2v) is 6.22. The Morgan fingerprint density at radius 1 is 1.43 bits per heavy atom. The molecule has 4 rings (SSSR count). The summed E-state index contributed by atoms with van der Waals surface area (Å²) in [4.78, 5) is 25.9. The van der Waals surface area contributed by atoms with E-state index in [1.165, 1.54) is 0 Å². The molecule has 2 aliphatic heterocycles. The van der Waals surface area contributed by atoms with Crippen LogP contribution in [0.1, 0.15) is 30.7 Å². The second kappa shape index (κ2) is 4.00. The number of carboxylic acids is 1. The van der Waals surface area contributed by atoms with Gasteiger partial charge in [0.25, 0.3) is 0 Å². The fourth-order valence-electron chi connectivity index (χ4n) is 4.53. The largest absolute Gasteiger partial charge is 0.481 e. The fraction of sp³-hybridized carbons (Fsp3) is 0.500. The molecule has 1 saturated carbocycles. The second-order valence-electron chi connectivity index (χ2n) is 6.22. The number of piperidine rings is 1. The fourth-order valence-corrected chi connectivity index (χ4v) is 4.53. The highest BCUT2D eigenvalue weighted by molar-refractivity contribution is 5.99. The first-order valence-electron chi connectivity index (χ1n) is 7.35. The molecule has 2 fully saturated rings. The third-order valence-electron chi connectivity index (χ3n) is 5.42. The minimum atomic E-state index is -1.03. The van der Waals surface area contributed by atoms with Crippen molar-refractivity contribution in [2.75, 3.05) is 7.05 Å². The molecule has 110 valence electrons. The summed E-state index contributed by atoms with van der Waals surface area (Å²) in [5, 5.41) is 9.59. The predicted octanol–water partition coefficient (Wildman–Crippen LogP) is 1.83. The van der Waals surface area contributed by atoms with Gasteiger partial charge in [-0.2, -0.15) is 0 Å². The van der Waals surface area contributed by atoms with Crippen LogP contribution in [0.3, 0.4) is 0 Å². The Balaban J connectivity index is 1.97. The van der Waals surface area contributed by atoms with Crippen LogP contribution in [0.5, 0.6) is 5.75 Å². The lowest BCUT2D eigenvalue weighted by atomic mass is 9.67. The first-order chi connectivity index (χ1) is 10.1. The number of likely N-dealkylation sites (tertiary alicyclic amines) is 1. The number of hydrogen-bond donors (Lipinski definition) is 1. The number of aliphatic carboxylic acids is 1. The van der Waals surface area contributed by atoms with Crippen molar-refractivity contribution in [3.63, 3.8) is 0 Å². The molecule has 0 radical (unpaired) electrons. The van der Waals surface area contributed by atoms with Crippen LogP contribution in [0.25, 0.3) is 0 Å². The molecule has 1 aromatic rings. The maximum Gasteiger partial charge on any atom is 0.316 e. The predicted molar refractivity (Wildman–Crippen MR) is 73.8 cm³/mol. The minimum absolute atomic E-state index is 0.0659. The highest BCUT2D eigenvalue weighted by atomic mass is 16.5. The number of carboxylic acid groups (broad SMARTS) is 1. The molecule has 2 heterocycles. The molecule has 21 heavy (non-hydrogen) atoms. The lowest BCUT2D eigenvalue weighted by Gasteiger charge is -2.55. The van der Waals surface area contributed by atoms with Crippen molar-refractivity contribution in [3.05, 3.63) is 29.8 Å². The van der Waals surface area contributed by atoms with Crippen LogP contribution in [-0.4, -0.2) is 34.7 Å². The van der Waals surface area contributed by atoms with E-state index >= 15 is 0 Å². The van der Waals surface area contributed by atoms with E-state index in [1.807, 2.05) is 24.3 Å². The van der Waals surface area contributed by atoms with E-state index < -0.39 is 17.6 Å². The lowest BCUT2D eigenvalue weighted by Crippen LogP contribution is -2.66. The lowest BCUT2D eigenvalue weighted by molar-refractivity contribution is -0.189. The molecule has 3 aliphatic rings. The Morgan fingerprint density at radius 3 is 2.95 bits per heavy atom. The van der Waals surface area contributed by atoms with E-state index in [2.05, 4.69) is 0 Å². The van der Waals surface area contributed by atoms with Gasteiger partial charge in [0.2, 0.25) is 5.91 Å². The number of carbonyl (C=O) groups excluding carboxylic acids is 1. The summed E-state index contributed by atoms with van der Waals surface area (Å²) < 4.78 is 6.24. The van der Waals surface area contributed by atoms with Gasteiger partial charge in [0.1, 0.15) is 11.7 Å². The molecular formula is C16H17NO4. The molecule has 2 bridgehead atoms. The van der Waals surface area contributed by atoms with Gasteiger partial charge in [0.05, 0.1) is 0 Å². The van der Waals surface area contributed by atoms with Crippen LogP contribution < -0.4 is 4.74 Å². The van der Waals surface area contributed by atoms with Gasteiger partial charge in [-0.25, -0.2) is 0 Å². The summed E-state index contributed by atoms with van der Waals surface area (Å²) in [7, 11) is 1.68. The normalized spacial score (nSPS) is 36.7. The summed E-state index contributed by atoms with van der Waals surface area (Å²) in [5.74, 6) is -1.86. The Hall–Kier alpha value is -2.04. The quantitative estimate of drug-likeness (QED) is 0.800. The highest BCUT2D eigenvalue weighted by Crippen LogP contribution is 2.59. The maximum atomic E-state index is 12.6. The Labute approximate surface area is 122 Å². The molecule has 1 aromatic carbocycles. The summed E-state index contributed by atoms with van der Waals surface area (Å²) in [6.45, 7) is 0. The SMILES string of the molecule is CN1C(=O)[C@H](C(=O)O)[C@H]2c3ccccc3O[C@@]13CCC[C@@H]23. The van der Waals surface area contributed by atoms with E-state index in [9.17, 15) is 14.7 Å². The van der Waals surface area contributed by atoms with Crippen molar-refractivity contribution in [3.8, 4) is 5.75 Å². The van der Waals surface area contributed by atoms with Crippen molar-refractivity contribution in [1.82, 2.24) is 4.90 Å². The summed E-state index contributed by atoms with van der Waals surface area (Å²) in [6, 6.07) is 7.54. The first-order valence-corrected chi connectivity index (χ1v) is 7.35. The van der Waals surface area contributed by atoms with Gasteiger partial charge in [-0.1, -0.05) is 18.2 Å². The molecular weight excluding hydrogens is 270 g/mol.